The van der Waals surface area contributed by atoms with Crippen molar-refractivity contribution >= 4 is 11.6 Å². The molecule has 0 aliphatic carbocycles. The molecule has 0 unspecified atom stereocenters. The van der Waals surface area contributed by atoms with E-state index in [9.17, 15) is 9.18 Å². The third-order valence-electron chi connectivity index (χ3n) is 1.88. The predicted octanol–water partition coefficient (Wildman–Crippen LogP) is 1.80. The largest absolute Gasteiger partial charge is 0.319 e. The van der Waals surface area contributed by atoms with Crippen LogP contribution in [0.4, 0.5) is 10.1 Å². The fourth-order valence-electron chi connectivity index (χ4n) is 1.13. The smallest absolute Gasteiger partial charge is 0.258 e. The molecule has 0 spiro atoms. The summed E-state index contributed by atoms with van der Waals surface area (Å²) in [4.78, 5) is 11.5. The van der Waals surface area contributed by atoms with Crippen LogP contribution in [0, 0.1) is 5.82 Å². The molecule has 2 N–H and O–H groups in total. The van der Waals surface area contributed by atoms with E-state index in [0.717, 1.165) is 0 Å². The quantitative estimate of drug-likeness (QED) is 0.785. The van der Waals surface area contributed by atoms with Crippen molar-refractivity contribution in [1.29, 1.82) is 0 Å². The highest BCUT2D eigenvalue weighted by molar-refractivity contribution is 6.03. The number of benzene rings is 1. The molecule has 0 radical (unpaired) electrons. The average Bonchev–Trinajstić information content (AvgIpc) is 2.74. The van der Waals surface area contributed by atoms with Gasteiger partial charge in [-0.1, -0.05) is 12.1 Å². The second kappa shape index (κ2) is 3.91. The maximum atomic E-state index is 13.2. The summed E-state index contributed by atoms with van der Waals surface area (Å²) in [6.45, 7) is 0. The van der Waals surface area contributed by atoms with Gasteiger partial charge in [-0.25, -0.2) is 4.39 Å². The lowest BCUT2D eigenvalue weighted by Crippen LogP contribution is -2.11. The van der Waals surface area contributed by atoms with Crippen molar-refractivity contribution in [1.82, 2.24) is 10.2 Å². The molecule has 5 heteroatoms. The molecule has 2 aromatic rings. The number of aromatic amines is 1. The van der Waals surface area contributed by atoms with Crippen molar-refractivity contribution < 1.29 is 9.18 Å². The van der Waals surface area contributed by atoms with E-state index >= 15 is 0 Å². The Morgan fingerprint density at radius 2 is 2.20 bits per heavy atom. The number of carbonyl (C=O) groups is 1. The van der Waals surface area contributed by atoms with Gasteiger partial charge in [0, 0.05) is 6.20 Å². The minimum Gasteiger partial charge on any atom is -0.319 e. The molecule has 1 amide bonds. The number of halogens is 1. The van der Waals surface area contributed by atoms with Crippen LogP contribution in [0.25, 0.3) is 0 Å². The molecule has 0 bridgehead atoms. The molecule has 76 valence electrons. The SMILES string of the molecule is O=C(Nc1ccccc1F)c1cn[nH]c1. The summed E-state index contributed by atoms with van der Waals surface area (Å²) in [5.41, 5.74) is 0.516. The van der Waals surface area contributed by atoms with Crippen LogP contribution < -0.4 is 5.32 Å². The Balaban J connectivity index is 2.17. The molecule has 4 nitrogen and oxygen atoms in total. The van der Waals surface area contributed by atoms with Gasteiger partial charge in [0.05, 0.1) is 17.4 Å². The first kappa shape index (κ1) is 9.39. The van der Waals surface area contributed by atoms with E-state index in [0.29, 0.717) is 5.56 Å². The normalized spacial score (nSPS) is 9.93. The Labute approximate surface area is 85.1 Å². The van der Waals surface area contributed by atoms with Crippen molar-refractivity contribution in [2.75, 3.05) is 5.32 Å². The highest BCUT2D eigenvalue weighted by atomic mass is 19.1. The zero-order chi connectivity index (χ0) is 10.7. The van der Waals surface area contributed by atoms with E-state index < -0.39 is 11.7 Å². The molecule has 0 atom stereocenters. The summed E-state index contributed by atoms with van der Waals surface area (Å²) in [7, 11) is 0. The zero-order valence-corrected chi connectivity index (χ0v) is 7.70. The van der Waals surface area contributed by atoms with Crippen LogP contribution in [0.2, 0.25) is 0 Å². The van der Waals surface area contributed by atoms with E-state index in [1.165, 1.54) is 24.5 Å². The highest BCUT2D eigenvalue weighted by Crippen LogP contribution is 2.13. The number of nitrogens with one attached hydrogen (secondary N) is 2. The van der Waals surface area contributed by atoms with Crippen LogP contribution >= 0.6 is 0 Å². The topological polar surface area (TPSA) is 57.8 Å². The molecule has 1 aromatic carbocycles. The Morgan fingerprint density at radius 1 is 1.40 bits per heavy atom. The minimum absolute atomic E-state index is 0.156. The number of anilines is 1. The molecule has 0 saturated carbocycles. The van der Waals surface area contributed by atoms with Crippen molar-refractivity contribution in [3.8, 4) is 0 Å². The first-order valence-corrected chi connectivity index (χ1v) is 4.32. The van der Waals surface area contributed by atoms with Crippen LogP contribution in [0.5, 0.6) is 0 Å². The molecular weight excluding hydrogens is 197 g/mol. The average molecular weight is 205 g/mol. The second-order valence-corrected chi connectivity index (χ2v) is 2.92. The van der Waals surface area contributed by atoms with Gasteiger partial charge in [-0.3, -0.25) is 9.89 Å². The number of para-hydroxylation sites is 1. The number of H-pyrrole nitrogens is 1. The van der Waals surface area contributed by atoms with E-state index in [1.54, 1.807) is 12.1 Å². The number of amides is 1. The number of carbonyl (C=O) groups excluding carboxylic acids is 1. The van der Waals surface area contributed by atoms with E-state index in [2.05, 4.69) is 15.5 Å². The molecule has 0 aliphatic rings. The maximum Gasteiger partial charge on any atom is 0.258 e. The van der Waals surface area contributed by atoms with Crippen molar-refractivity contribution in [3.63, 3.8) is 0 Å². The second-order valence-electron chi connectivity index (χ2n) is 2.92. The molecule has 0 fully saturated rings. The lowest BCUT2D eigenvalue weighted by molar-refractivity contribution is 0.102. The van der Waals surface area contributed by atoms with Gasteiger partial charge in [-0.15, -0.1) is 0 Å². The summed E-state index contributed by atoms with van der Waals surface area (Å²) in [6.07, 6.45) is 2.81. The van der Waals surface area contributed by atoms with Crippen LogP contribution in [-0.4, -0.2) is 16.1 Å². The van der Waals surface area contributed by atoms with Gasteiger partial charge in [-0.05, 0) is 12.1 Å². The number of hydrogen-bond acceptors (Lipinski definition) is 2. The van der Waals surface area contributed by atoms with Gasteiger partial charge in [0.1, 0.15) is 5.82 Å². The van der Waals surface area contributed by atoms with Gasteiger partial charge >= 0.3 is 0 Å². The van der Waals surface area contributed by atoms with Gasteiger partial charge in [0.25, 0.3) is 5.91 Å². The van der Waals surface area contributed by atoms with Gasteiger partial charge < -0.3 is 5.32 Å². The van der Waals surface area contributed by atoms with Gasteiger partial charge in [-0.2, -0.15) is 5.10 Å². The van der Waals surface area contributed by atoms with E-state index in [-0.39, 0.29) is 5.69 Å². The Bertz CT molecular complexity index is 467. The summed E-state index contributed by atoms with van der Waals surface area (Å²) < 4.78 is 13.2. The lowest BCUT2D eigenvalue weighted by atomic mass is 10.3. The van der Waals surface area contributed by atoms with Gasteiger partial charge in [0.15, 0.2) is 0 Å². The first-order valence-electron chi connectivity index (χ1n) is 4.32. The fraction of sp³-hybridized carbons (Fsp3) is 0. The monoisotopic (exact) mass is 205 g/mol. The lowest BCUT2D eigenvalue weighted by Gasteiger charge is -2.03. The molecular formula is C10H8FN3O. The van der Waals surface area contributed by atoms with Crippen molar-refractivity contribution in [3.05, 3.63) is 48.0 Å². The third-order valence-corrected chi connectivity index (χ3v) is 1.88. The molecule has 1 aromatic heterocycles. The highest BCUT2D eigenvalue weighted by Gasteiger charge is 2.08. The number of aromatic nitrogens is 2. The van der Waals surface area contributed by atoms with Crippen LogP contribution in [-0.2, 0) is 0 Å². The van der Waals surface area contributed by atoms with Crippen LogP contribution in [0.3, 0.4) is 0 Å². The molecule has 0 saturated heterocycles. The summed E-state index contributed by atoms with van der Waals surface area (Å²) in [5, 5.41) is 8.57. The Hall–Kier alpha value is -2.17. The van der Waals surface area contributed by atoms with Crippen LogP contribution in [0.1, 0.15) is 10.4 Å². The minimum atomic E-state index is -0.464. The van der Waals surface area contributed by atoms with Crippen molar-refractivity contribution in [2.24, 2.45) is 0 Å². The van der Waals surface area contributed by atoms with E-state index in [1.807, 2.05) is 0 Å². The zero-order valence-electron chi connectivity index (χ0n) is 7.70. The summed E-state index contributed by atoms with van der Waals surface area (Å²) in [5.74, 6) is -0.858. The molecule has 1 heterocycles. The molecule has 15 heavy (non-hydrogen) atoms. The maximum absolute atomic E-state index is 13.2. The predicted molar refractivity (Wildman–Crippen MR) is 52.9 cm³/mol. The summed E-state index contributed by atoms with van der Waals surface area (Å²) in [6, 6.07) is 5.98. The van der Waals surface area contributed by atoms with Gasteiger partial charge in [0.2, 0.25) is 0 Å². The fourth-order valence-corrected chi connectivity index (χ4v) is 1.13. The van der Waals surface area contributed by atoms with Crippen LogP contribution in [0.15, 0.2) is 36.7 Å². The number of hydrogen-bond donors (Lipinski definition) is 2. The number of nitrogens with zero attached hydrogens (tertiary/aromatic N) is 1. The first-order chi connectivity index (χ1) is 7.27. The van der Waals surface area contributed by atoms with E-state index in [4.69, 9.17) is 0 Å². The molecule has 0 aliphatic heterocycles. The molecule has 2 rings (SSSR count). The Morgan fingerprint density at radius 3 is 2.87 bits per heavy atom. The Kier molecular flexibility index (Phi) is 2.45. The van der Waals surface area contributed by atoms with Crippen molar-refractivity contribution in [2.45, 2.75) is 0 Å². The third kappa shape index (κ3) is 2.01. The summed E-state index contributed by atoms with van der Waals surface area (Å²) >= 11 is 0. The standard InChI is InChI=1S/C10H8FN3O/c11-8-3-1-2-4-9(8)14-10(15)7-5-12-13-6-7/h1-6H,(H,12,13)(H,14,15). The number of rotatable bonds is 2.